The number of aliphatic hydroxyl groups excluding tert-OH is 1. The summed E-state index contributed by atoms with van der Waals surface area (Å²) in [6, 6.07) is 6.73. The van der Waals surface area contributed by atoms with Crippen molar-refractivity contribution in [1.29, 1.82) is 0 Å². The summed E-state index contributed by atoms with van der Waals surface area (Å²) in [4.78, 5) is 4.82. The van der Waals surface area contributed by atoms with E-state index in [0.717, 1.165) is 63.4 Å². The predicted octanol–water partition coefficient (Wildman–Crippen LogP) is 2.48. The first-order chi connectivity index (χ1) is 11.1. The maximum Gasteiger partial charge on any atom is 0.0541 e. The van der Waals surface area contributed by atoms with Gasteiger partial charge < -0.3 is 20.2 Å². The molecule has 0 unspecified atom stereocenters. The molecule has 0 atom stereocenters. The van der Waals surface area contributed by atoms with Crippen LogP contribution in [0.1, 0.15) is 31.2 Å². The highest BCUT2D eigenvalue weighted by Crippen LogP contribution is 2.29. The molecule has 3 rings (SSSR count). The Morgan fingerprint density at radius 2 is 1.83 bits per heavy atom. The van der Waals surface area contributed by atoms with Gasteiger partial charge in [-0.15, -0.1) is 0 Å². The molecule has 5 heteroatoms. The van der Waals surface area contributed by atoms with Crippen LogP contribution in [-0.4, -0.2) is 55.4 Å². The van der Waals surface area contributed by atoms with Crippen molar-refractivity contribution >= 4 is 17.3 Å². The number of nitrogens with one attached hydrogen (secondary N) is 1. The molecule has 23 heavy (non-hydrogen) atoms. The maximum absolute atomic E-state index is 9.63. The number of aliphatic hydroxyl groups is 1. The Labute approximate surface area is 144 Å². The van der Waals surface area contributed by atoms with Crippen LogP contribution in [-0.2, 0) is 6.54 Å². The van der Waals surface area contributed by atoms with Crippen LogP contribution in [0, 0.1) is 0 Å². The summed E-state index contributed by atoms with van der Waals surface area (Å²) < 4.78 is 0. The van der Waals surface area contributed by atoms with Crippen molar-refractivity contribution in [2.45, 2.75) is 44.4 Å². The second kappa shape index (κ2) is 7.84. The summed E-state index contributed by atoms with van der Waals surface area (Å²) >= 11 is 6.50. The van der Waals surface area contributed by atoms with Crippen molar-refractivity contribution in [3.63, 3.8) is 0 Å². The van der Waals surface area contributed by atoms with Gasteiger partial charge in [-0.05, 0) is 44.9 Å². The third kappa shape index (κ3) is 4.38. The monoisotopic (exact) mass is 337 g/mol. The van der Waals surface area contributed by atoms with E-state index in [4.69, 9.17) is 11.6 Å². The molecule has 0 aromatic heterocycles. The molecule has 1 aromatic rings. The second-order valence-electron chi connectivity index (χ2n) is 6.91. The van der Waals surface area contributed by atoms with Gasteiger partial charge in [0, 0.05) is 55.0 Å². The topological polar surface area (TPSA) is 38.7 Å². The molecule has 1 saturated heterocycles. The zero-order valence-electron chi connectivity index (χ0n) is 14.0. The van der Waals surface area contributed by atoms with Gasteiger partial charge in [-0.2, -0.15) is 0 Å². The summed E-state index contributed by atoms with van der Waals surface area (Å²) in [5, 5.41) is 14.1. The summed E-state index contributed by atoms with van der Waals surface area (Å²) in [6.45, 7) is 5.11. The Hall–Kier alpha value is -0.810. The number of piperazine rings is 1. The van der Waals surface area contributed by atoms with Gasteiger partial charge in [0.1, 0.15) is 0 Å². The number of rotatable bonds is 4. The van der Waals surface area contributed by atoms with Crippen LogP contribution in [0.25, 0.3) is 0 Å². The summed E-state index contributed by atoms with van der Waals surface area (Å²) in [7, 11) is 2.18. The number of halogens is 1. The molecular weight excluding hydrogens is 310 g/mol. The Morgan fingerprint density at radius 1 is 1.13 bits per heavy atom. The summed E-state index contributed by atoms with van der Waals surface area (Å²) in [5.41, 5.74) is 2.48. The normalized spacial score (nSPS) is 26.5. The van der Waals surface area contributed by atoms with Crippen molar-refractivity contribution < 1.29 is 5.11 Å². The molecular formula is C18H28ClN3O. The fourth-order valence-electron chi connectivity index (χ4n) is 3.59. The van der Waals surface area contributed by atoms with E-state index in [-0.39, 0.29) is 6.10 Å². The highest BCUT2D eigenvalue weighted by atomic mass is 35.5. The Kier molecular flexibility index (Phi) is 5.81. The summed E-state index contributed by atoms with van der Waals surface area (Å²) in [6.07, 6.45) is 3.82. The van der Waals surface area contributed by atoms with Crippen molar-refractivity contribution in [2.24, 2.45) is 0 Å². The maximum atomic E-state index is 9.63. The lowest BCUT2D eigenvalue weighted by Gasteiger charge is -2.35. The van der Waals surface area contributed by atoms with E-state index in [1.54, 1.807) is 0 Å². The molecule has 0 radical (unpaired) electrons. The first-order valence-corrected chi connectivity index (χ1v) is 9.13. The molecule has 0 bridgehead atoms. The molecule has 1 aliphatic carbocycles. The number of anilines is 1. The molecule has 1 aliphatic heterocycles. The Bertz CT molecular complexity index is 509. The van der Waals surface area contributed by atoms with Gasteiger partial charge >= 0.3 is 0 Å². The largest absolute Gasteiger partial charge is 0.393 e. The van der Waals surface area contributed by atoms with E-state index >= 15 is 0 Å². The van der Waals surface area contributed by atoms with Gasteiger partial charge in [-0.25, -0.2) is 0 Å². The van der Waals surface area contributed by atoms with E-state index in [0.29, 0.717) is 6.04 Å². The Morgan fingerprint density at radius 3 is 2.52 bits per heavy atom. The van der Waals surface area contributed by atoms with Crippen molar-refractivity contribution in [2.75, 3.05) is 38.1 Å². The molecule has 128 valence electrons. The van der Waals surface area contributed by atoms with E-state index < -0.39 is 0 Å². The van der Waals surface area contributed by atoms with Crippen molar-refractivity contribution in [3.8, 4) is 0 Å². The van der Waals surface area contributed by atoms with Gasteiger partial charge in [0.2, 0.25) is 0 Å². The fraction of sp³-hybridized carbons (Fsp3) is 0.667. The van der Waals surface area contributed by atoms with Gasteiger partial charge in [0.25, 0.3) is 0 Å². The molecule has 2 aliphatic rings. The fourth-order valence-corrected chi connectivity index (χ4v) is 3.83. The average molecular weight is 338 g/mol. The van der Waals surface area contributed by atoms with Crippen LogP contribution in [0.4, 0.5) is 5.69 Å². The van der Waals surface area contributed by atoms with Crippen molar-refractivity contribution in [3.05, 3.63) is 28.8 Å². The summed E-state index contributed by atoms with van der Waals surface area (Å²) in [5.74, 6) is 0. The molecule has 2 fully saturated rings. The van der Waals surface area contributed by atoms with Crippen LogP contribution >= 0.6 is 11.6 Å². The third-order valence-electron chi connectivity index (χ3n) is 5.20. The number of hydrogen-bond donors (Lipinski definition) is 2. The first-order valence-electron chi connectivity index (χ1n) is 8.76. The van der Waals surface area contributed by atoms with Crippen LogP contribution in [0.2, 0.25) is 5.02 Å². The molecule has 2 N–H and O–H groups in total. The lowest BCUT2D eigenvalue weighted by molar-refractivity contribution is 0.116. The van der Waals surface area contributed by atoms with Crippen molar-refractivity contribution in [1.82, 2.24) is 10.2 Å². The molecule has 4 nitrogen and oxygen atoms in total. The first kappa shape index (κ1) is 17.0. The molecule has 0 amide bonds. The smallest absolute Gasteiger partial charge is 0.0541 e. The Balaban J connectivity index is 1.66. The predicted molar refractivity (Wildman–Crippen MR) is 96.3 cm³/mol. The second-order valence-corrected chi connectivity index (χ2v) is 7.32. The number of likely N-dealkylation sites (N-methyl/N-ethyl adjacent to an activating group) is 1. The molecule has 1 aromatic carbocycles. The van der Waals surface area contributed by atoms with Crippen LogP contribution < -0.4 is 10.2 Å². The van der Waals surface area contributed by atoms with Gasteiger partial charge in [0.05, 0.1) is 6.10 Å². The van der Waals surface area contributed by atoms with E-state index in [2.05, 4.69) is 34.3 Å². The zero-order chi connectivity index (χ0) is 16.2. The molecule has 1 saturated carbocycles. The average Bonchev–Trinajstić information content (AvgIpc) is 2.56. The zero-order valence-corrected chi connectivity index (χ0v) is 14.7. The van der Waals surface area contributed by atoms with E-state index in [9.17, 15) is 5.11 Å². The standard InChI is InChI=1S/C18H28ClN3O/c1-21-9-11-22(12-10-21)18-4-2-3-17(19)16(18)13-20-14-5-7-15(23)8-6-14/h2-4,14-15,20,23H,5-13H2,1H3. The number of hydrogen-bond acceptors (Lipinski definition) is 4. The van der Waals surface area contributed by atoms with Gasteiger partial charge in [-0.1, -0.05) is 17.7 Å². The minimum atomic E-state index is -0.103. The van der Waals surface area contributed by atoms with Crippen LogP contribution in [0.3, 0.4) is 0 Å². The quantitative estimate of drug-likeness (QED) is 0.885. The third-order valence-corrected chi connectivity index (χ3v) is 5.56. The highest BCUT2D eigenvalue weighted by molar-refractivity contribution is 6.31. The molecule has 0 spiro atoms. The molecule has 1 heterocycles. The minimum absolute atomic E-state index is 0.103. The minimum Gasteiger partial charge on any atom is -0.393 e. The lowest BCUT2D eigenvalue weighted by Crippen LogP contribution is -2.45. The SMILES string of the molecule is CN1CCN(c2cccc(Cl)c2CNC2CCC(O)CC2)CC1. The number of nitrogens with zero attached hydrogens (tertiary/aromatic N) is 2. The number of benzene rings is 1. The lowest BCUT2D eigenvalue weighted by atomic mass is 9.93. The van der Waals surface area contributed by atoms with Gasteiger partial charge in [-0.3, -0.25) is 0 Å². The van der Waals surface area contributed by atoms with Gasteiger partial charge in [0.15, 0.2) is 0 Å². The van der Waals surface area contributed by atoms with Crippen LogP contribution in [0.15, 0.2) is 18.2 Å². The van der Waals surface area contributed by atoms with E-state index in [1.165, 1.54) is 11.3 Å². The van der Waals surface area contributed by atoms with Crippen LogP contribution in [0.5, 0.6) is 0 Å². The van der Waals surface area contributed by atoms with E-state index in [1.807, 2.05) is 6.07 Å². The highest BCUT2D eigenvalue weighted by Gasteiger charge is 2.21.